The van der Waals surface area contributed by atoms with Gasteiger partial charge in [-0.15, -0.1) is 0 Å². The minimum absolute atomic E-state index is 0.0207. The van der Waals surface area contributed by atoms with E-state index in [2.05, 4.69) is 10.5 Å². The Labute approximate surface area is 139 Å². The molecule has 0 saturated carbocycles. The van der Waals surface area contributed by atoms with Crippen LogP contribution in [0.25, 0.3) is 0 Å². The molecule has 1 amide bonds. The van der Waals surface area contributed by atoms with E-state index in [9.17, 15) is 14.9 Å². The van der Waals surface area contributed by atoms with Crippen molar-refractivity contribution in [3.63, 3.8) is 0 Å². The molecule has 0 unspecified atom stereocenters. The molecule has 2 aromatic rings. The highest BCUT2D eigenvalue weighted by Crippen LogP contribution is 2.14. The lowest BCUT2D eigenvalue weighted by Gasteiger charge is -2.12. The molecule has 7 heteroatoms. The Kier molecular flexibility index (Phi) is 5.26. The van der Waals surface area contributed by atoms with Crippen molar-refractivity contribution in [2.45, 2.75) is 6.92 Å². The number of nitro benzene ring substituents is 1. The summed E-state index contributed by atoms with van der Waals surface area (Å²) in [6, 6.07) is 13.2. The Balaban J connectivity index is 2.10. The summed E-state index contributed by atoms with van der Waals surface area (Å²) in [5, 5.41) is 14.8. The molecule has 0 saturated heterocycles. The van der Waals surface area contributed by atoms with Crippen LogP contribution < -0.4 is 10.3 Å². The minimum atomic E-state index is -0.471. The summed E-state index contributed by atoms with van der Waals surface area (Å²) in [5.41, 5.74) is 4.97. The molecule has 0 aliphatic rings. The van der Waals surface area contributed by atoms with E-state index in [-0.39, 0.29) is 11.6 Å². The van der Waals surface area contributed by atoms with Crippen LogP contribution >= 0.6 is 0 Å². The molecule has 0 fully saturated rings. The summed E-state index contributed by atoms with van der Waals surface area (Å²) in [4.78, 5) is 24.4. The molecule has 2 aromatic carbocycles. The van der Waals surface area contributed by atoms with Gasteiger partial charge in [0.25, 0.3) is 11.6 Å². The van der Waals surface area contributed by atoms with Crippen LogP contribution in [0.15, 0.2) is 53.6 Å². The smallest absolute Gasteiger partial charge is 0.271 e. The molecule has 2 rings (SSSR count). The van der Waals surface area contributed by atoms with Crippen LogP contribution in [0.5, 0.6) is 0 Å². The van der Waals surface area contributed by atoms with E-state index in [0.717, 1.165) is 5.69 Å². The highest BCUT2D eigenvalue weighted by atomic mass is 16.6. The number of nitrogens with zero attached hydrogens (tertiary/aromatic N) is 3. The third kappa shape index (κ3) is 4.16. The van der Waals surface area contributed by atoms with E-state index in [1.807, 2.05) is 31.1 Å². The first-order chi connectivity index (χ1) is 11.4. The van der Waals surface area contributed by atoms with E-state index in [1.54, 1.807) is 31.2 Å². The first kappa shape index (κ1) is 17.1. The van der Waals surface area contributed by atoms with Gasteiger partial charge in [0.2, 0.25) is 0 Å². The molecule has 0 aliphatic heterocycles. The van der Waals surface area contributed by atoms with Gasteiger partial charge in [0.05, 0.1) is 10.6 Å². The molecule has 24 heavy (non-hydrogen) atoms. The van der Waals surface area contributed by atoms with Crippen molar-refractivity contribution in [1.82, 2.24) is 5.43 Å². The maximum absolute atomic E-state index is 12.1. The Morgan fingerprint density at radius 2 is 1.79 bits per heavy atom. The van der Waals surface area contributed by atoms with Crippen molar-refractivity contribution in [3.05, 3.63) is 69.8 Å². The fourth-order valence-electron chi connectivity index (χ4n) is 2.02. The average Bonchev–Trinajstić information content (AvgIpc) is 2.59. The first-order valence-electron chi connectivity index (χ1n) is 7.25. The summed E-state index contributed by atoms with van der Waals surface area (Å²) < 4.78 is 0. The number of carbonyl (C=O) groups is 1. The van der Waals surface area contributed by atoms with E-state index < -0.39 is 4.92 Å². The number of hydrogen-bond acceptors (Lipinski definition) is 5. The molecule has 124 valence electrons. The molecule has 0 atom stereocenters. The molecule has 0 aliphatic carbocycles. The number of nitrogens with one attached hydrogen (secondary N) is 1. The second-order valence-corrected chi connectivity index (χ2v) is 5.39. The number of anilines is 1. The molecular weight excluding hydrogens is 308 g/mol. The molecule has 0 aromatic heterocycles. The van der Waals surface area contributed by atoms with Crippen LogP contribution in [0.2, 0.25) is 0 Å². The summed E-state index contributed by atoms with van der Waals surface area (Å²) in [6.45, 7) is 1.68. The maximum Gasteiger partial charge on any atom is 0.271 e. The fourth-order valence-corrected chi connectivity index (χ4v) is 2.02. The monoisotopic (exact) mass is 326 g/mol. The standard InChI is InChI=1S/C17H18N4O3/c1-12(14-5-4-6-16(11-14)21(23)24)18-19-17(22)13-7-9-15(10-8-13)20(2)3/h4-11H,1-3H3,(H,19,22). The first-order valence-corrected chi connectivity index (χ1v) is 7.25. The normalized spacial score (nSPS) is 11.0. The van der Waals surface area contributed by atoms with Crippen molar-refractivity contribution < 1.29 is 9.72 Å². The van der Waals surface area contributed by atoms with Crippen LogP contribution in [0, 0.1) is 10.1 Å². The quantitative estimate of drug-likeness (QED) is 0.520. The second kappa shape index (κ2) is 7.36. The van der Waals surface area contributed by atoms with Gasteiger partial charge >= 0.3 is 0 Å². The zero-order chi connectivity index (χ0) is 17.7. The van der Waals surface area contributed by atoms with Crippen LogP contribution in [0.1, 0.15) is 22.8 Å². The SMILES string of the molecule is CC(=NNC(=O)c1ccc(N(C)C)cc1)c1cccc([N+](=O)[O-])c1. The number of amides is 1. The van der Waals surface area contributed by atoms with Crippen molar-refractivity contribution in [1.29, 1.82) is 0 Å². The van der Waals surface area contributed by atoms with Gasteiger partial charge in [0.1, 0.15) is 0 Å². The summed E-state index contributed by atoms with van der Waals surface area (Å²) in [7, 11) is 3.84. The summed E-state index contributed by atoms with van der Waals surface area (Å²) >= 11 is 0. The Morgan fingerprint density at radius 3 is 2.38 bits per heavy atom. The summed E-state index contributed by atoms with van der Waals surface area (Å²) in [5.74, 6) is -0.343. The Bertz CT molecular complexity index is 783. The lowest BCUT2D eigenvalue weighted by atomic mass is 10.1. The van der Waals surface area contributed by atoms with E-state index in [1.165, 1.54) is 12.1 Å². The molecule has 1 N–H and O–H groups in total. The van der Waals surface area contributed by atoms with E-state index in [0.29, 0.717) is 16.8 Å². The van der Waals surface area contributed by atoms with E-state index in [4.69, 9.17) is 0 Å². The molecule has 0 bridgehead atoms. The van der Waals surface area contributed by atoms with Crippen LogP contribution in [-0.2, 0) is 0 Å². The average molecular weight is 326 g/mol. The molecule has 0 heterocycles. The molecule has 7 nitrogen and oxygen atoms in total. The number of non-ortho nitro benzene ring substituents is 1. The lowest BCUT2D eigenvalue weighted by Crippen LogP contribution is -2.19. The van der Waals surface area contributed by atoms with Crippen molar-refractivity contribution >= 4 is 23.0 Å². The Hall–Kier alpha value is -3.22. The van der Waals surface area contributed by atoms with Crippen LogP contribution in [-0.4, -0.2) is 30.6 Å². The third-order valence-corrected chi connectivity index (χ3v) is 3.45. The molecule has 0 radical (unpaired) electrons. The largest absolute Gasteiger partial charge is 0.378 e. The van der Waals surface area contributed by atoms with Gasteiger partial charge in [0, 0.05) is 43.0 Å². The van der Waals surface area contributed by atoms with E-state index >= 15 is 0 Å². The fraction of sp³-hybridized carbons (Fsp3) is 0.176. The molecular formula is C17H18N4O3. The number of rotatable bonds is 5. The second-order valence-electron chi connectivity index (χ2n) is 5.39. The predicted octanol–water partition coefficient (Wildman–Crippen LogP) is 2.81. The Morgan fingerprint density at radius 1 is 1.12 bits per heavy atom. The number of carbonyl (C=O) groups excluding carboxylic acids is 1. The van der Waals surface area contributed by atoms with Gasteiger partial charge in [-0.05, 0) is 31.2 Å². The zero-order valence-electron chi connectivity index (χ0n) is 13.7. The topological polar surface area (TPSA) is 87.8 Å². The summed E-state index contributed by atoms with van der Waals surface area (Å²) in [6.07, 6.45) is 0. The predicted molar refractivity (Wildman–Crippen MR) is 93.5 cm³/mol. The van der Waals surface area contributed by atoms with Crippen molar-refractivity contribution in [2.24, 2.45) is 5.10 Å². The van der Waals surface area contributed by atoms with Gasteiger partial charge < -0.3 is 4.90 Å². The van der Waals surface area contributed by atoms with Crippen LogP contribution in [0.3, 0.4) is 0 Å². The van der Waals surface area contributed by atoms with Crippen LogP contribution in [0.4, 0.5) is 11.4 Å². The minimum Gasteiger partial charge on any atom is -0.378 e. The third-order valence-electron chi connectivity index (χ3n) is 3.45. The highest BCUT2D eigenvalue weighted by molar-refractivity contribution is 6.01. The lowest BCUT2D eigenvalue weighted by molar-refractivity contribution is -0.384. The van der Waals surface area contributed by atoms with Gasteiger partial charge in [-0.25, -0.2) is 5.43 Å². The van der Waals surface area contributed by atoms with Crippen molar-refractivity contribution in [2.75, 3.05) is 19.0 Å². The highest BCUT2D eigenvalue weighted by Gasteiger charge is 2.09. The van der Waals surface area contributed by atoms with Gasteiger partial charge in [-0.2, -0.15) is 5.10 Å². The van der Waals surface area contributed by atoms with Crippen molar-refractivity contribution in [3.8, 4) is 0 Å². The van der Waals surface area contributed by atoms with Gasteiger partial charge in [-0.1, -0.05) is 12.1 Å². The van der Waals surface area contributed by atoms with Gasteiger partial charge in [0.15, 0.2) is 0 Å². The number of nitro groups is 1. The molecule has 0 spiro atoms. The number of hydrogen-bond donors (Lipinski definition) is 1. The number of hydrazone groups is 1. The van der Waals surface area contributed by atoms with Gasteiger partial charge in [-0.3, -0.25) is 14.9 Å². The maximum atomic E-state index is 12.1. The zero-order valence-corrected chi connectivity index (χ0v) is 13.7. The number of benzene rings is 2.